The summed E-state index contributed by atoms with van der Waals surface area (Å²) in [5.74, 6) is 0. The predicted octanol–water partition coefficient (Wildman–Crippen LogP) is -0.298. The minimum atomic E-state index is -0.0810. The molecule has 4 nitrogen and oxygen atoms in total. The second kappa shape index (κ2) is 1.76. The summed E-state index contributed by atoms with van der Waals surface area (Å²) in [4.78, 5) is 21.2. The van der Waals surface area contributed by atoms with Crippen LogP contribution in [-0.4, -0.2) is 16.2 Å². The van der Waals surface area contributed by atoms with Crippen LogP contribution in [0, 0.1) is 0 Å². The predicted molar refractivity (Wildman–Crippen MR) is 36.2 cm³/mol. The van der Waals surface area contributed by atoms with E-state index in [0.29, 0.717) is 17.8 Å². The summed E-state index contributed by atoms with van der Waals surface area (Å²) >= 11 is 0. The van der Waals surface area contributed by atoms with Gasteiger partial charge in [0.25, 0.3) is 5.56 Å². The lowest BCUT2D eigenvalue weighted by molar-refractivity contribution is 1.00. The SMILES string of the molecule is O=c1[nH]cnc2c1CN=C2. The van der Waals surface area contributed by atoms with Crippen LogP contribution >= 0.6 is 0 Å². The minimum Gasteiger partial charge on any atom is -0.313 e. The van der Waals surface area contributed by atoms with E-state index in [1.165, 1.54) is 6.33 Å². The fourth-order valence-corrected chi connectivity index (χ4v) is 0.929. The van der Waals surface area contributed by atoms with Gasteiger partial charge in [-0.2, -0.15) is 0 Å². The molecular formula is C6H5N3O. The number of H-pyrrole nitrogens is 1. The molecule has 0 bridgehead atoms. The Morgan fingerprint density at radius 1 is 1.60 bits per heavy atom. The normalized spacial score (nSPS) is 13.6. The van der Waals surface area contributed by atoms with Gasteiger partial charge in [0.2, 0.25) is 0 Å². The molecule has 0 fully saturated rings. The fraction of sp³-hybridized carbons (Fsp3) is 0.167. The molecule has 0 amide bonds. The van der Waals surface area contributed by atoms with E-state index in [1.807, 2.05) is 0 Å². The molecule has 0 aromatic carbocycles. The zero-order chi connectivity index (χ0) is 6.97. The van der Waals surface area contributed by atoms with Crippen LogP contribution < -0.4 is 5.56 Å². The molecule has 1 aliphatic rings. The first-order chi connectivity index (χ1) is 4.88. The Kier molecular flexibility index (Phi) is 0.943. The molecule has 0 aliphatic carbocycles. The van der Waals surface area contributed by atoms with Crippen molar-refractivity contribution in [3.8, 4) is 0 Å². The molecule has 0 unspecified atom stereocenters. The first-order valence-electron chi connectivity index (χ1n) is 2.94. The lowest BCUT2D eigenvalue weighted by Crippen LogP contribution is -2.12. The third-order valence-electron chi connectivity index (χ3n) is 1.45. The fourth-order valence-electron chi connectivity index (χ4n) is 0.929. The van der Waals surface area contributed by atoms with Crippen molar-refractivity contribution in [3.05, 3.63) is 27.9 Å². The number of hydrogen-bond acceptors (Lipinski definition) is 3. The Labute approximate surface area is 56.7 Å². The van der Waals surface area contributed by atoms with Crippen LogP contribution in [0.4, 0.5) is 0 Å². The maximum Gasteiger partial charge on any atom is 0.256 e. The molecule has 0 atom stereocenters. The summed E-state index contributed by atoms with van der Waals surface area (Å²) in [6, 6.07) is 0. The monoisotopic (exact) mass is 135 g/mol. The van der Waals surface area contributed by atoms with Crippen molar-refractivity contribution in [2.24, 2.45) is 4.99 Å². The Bertz CT molecular complexity index is 339. The van der Waals surface area contributed by atoms with Crippen LogP contribution in [0.5, 0.6) is 0 Å². The van der Waals surface area contributed by atoms with Crippen molar-refractivity contribution in [1.82, 2.24) is 9.97 Å². The van der Waals surface area contributed by atoms with Crippen molar-refractivity contribution in [2.45, 2.75) is 6.54 Å². The molecule has 1 N–H and O–H groups in total. The van der Waals surface area contributed by atoms with E-state index < -0.39 is 0 Å². The molecular weight excluding hydrogens is 130 g/mol. The van der Waals surface area contributed by atoms with Crippen LogP contribution in [0.3, 0.4) is 0 Å². The van der Waals surface area contributed by atoms with E-state index in [1.54, 1.807) is 6.21 Å². The van der Waals surface area contributed by atoms with Crippen LogP contribution in [-0.2, 0) is 6.54 Å². The van der Waals surface area contributed by atoms with Gasteiger partial charge in [0, 0.05) is 6.21 Å². The highest BCUT2D eigenvalue weighted by molar-refractivity contribution is 5.81. The van der Waals surface area contributed by atoms with E-state index in [-0.39, 0.29) is 5.56 Å². The second-order valence-corrected chi connectivity index (χ2v) is 2.07. The number of rotatable bonds is 0. The number of aromatic nitrogens is 2. The number of aromatic amines is 1. The number of aliphatic imine (C=N–C) groups is 1. The van der Waals surface area contributed by atoms with Crippen molar-refractivity contribution in [2.75, 3.05) is 0 Å². The van der Waals surface area contributed by atoms with Crippen molar-refractivity contribution in [3.63, 3.8) is 0 Å². The molecule has 2 rings (SSSR count). The van der Waals surface area contributed by atoms with Crippen molar-refractivity contribution in [1.29, 1.82) is 0 Å². The number of fused-ring (bicyclic) bond motifs is 1. The Morgan fingerprint density at radius 2 is 2.50 bits per heavy atom. The van der Waals surface area contributed by atoms with Gasteiger partial charge >= 0.3 is 0 Å². The lowest BCUT2D eigenvalue weighted by Gasteiger charge is -1.90. The average Bonchev–Trinajstić information content (AvgIpc) is 2.36. The maximum absolute atomic E-state index is 10.9. The molecule has 10 heavy (non-hydrogen) atoms. The first kappa shape index (κ1) is 5.34. The van der Waals surface area contributed by atoms with Gasteiger partial charge in [0.05, 0.1) is 24.1 Å². The summed E-state index contributed by atoms with van der Waals surface area (Å²) in [5.41, 5.74) is 1.29. The van der Waals surface area contributed by atoms with Crippen LogP contribution in [0.15, 0.2) is 16.1 Å². The largest absolute Gasteiger partial charge is 0.313 e. The standard InChI is InChI=1S/C6H5N3O/c10-6-4-1-7-2-5(4)8-3-9-6/h2-3H,1H2,(H,8,9,10). The third-order valence-corrected chi connectivity index (χ3v) is 1.45. The van der Waals surface area contributed by atoms with Gasteiger partial charge in [-0.1, -0.05) is 0 Å². The highest BCUT2D eigenvalue weighted by atomic mass is 16.1. The average molecular weight is 135 g/mol. The number of nitrogens with one attached hydrogen (secondary N) is 1. The smallest absolute Gasteiger partial charge is 0.256 e. The zero-order valence-electron chi connectivity index (χ0n) is 5.16. The van der Waals surface area contributed by atoms with Gasteiger partial charge in [-0.05, 0) is 0 Å². The molecule has 0 spiro atoms. The Balaban J connectivity index is 2.77. The zero-order valence-corrected chi connectivity index (χ0v) is 5.16. The molecule has 50 valence electrons. The van der Waals surface area contributed by atoms with Crippen LogP contribution in [0.2, 0.25) is 0 Å². The van der Waals surface area contributed by atoms with Gasteiger partial charge in [-0.25, -0.2) is 4.98 Å². The van der Waals surface area contributed by atoms with Gasteiger partial charge < -0.3 is 4.98 Å². The highest BCUT2D eigenvalue weighted by Crippen LogP contribution is 2.03. The molecule has 4 heteroatoms. The summed E-state index contributed by atoms with van der Waals surface area (Å²) < 4.78 is 0. The molecule has 0 saturated carbocycles. The number of nitrogens with zero attached hydrogens (tertiary/aromatic N) is 2. The maximum atomic E-state index is 10.9. The first-order valence-corrected chi connectivity index (χ1v) is 2.94. The van der Waals surface area contributed by atoms with E-state index in [9.17, 15) is 4.79 Å². The highest BCUT2D eigenvalue weighted by Gasteiger charge is 2.09. The topological polar surface area (TPSA) is 58.1 Å². The molecule has 1 aromatic rings. The van der Waals surface area contributed by atoms with Crippen molar-refractivity contribution < 1.29 is 0 Å². The van der Waals surface area contributed by atoms with Crippen LogP contribution in [0.25, 0.3) is 0 Å². The summed E-state index contributed by atoms with van der Waals surface area (Å²) in [6.07, 6.45) is 3.00. The summed E-state index contributed by atoms with van der Waals surface area (Å²) in [6.45, 7) is 0.471. The molecule has 0 radical (unpaired) electrons. The minimum absolute atomic E-state index is 0.0810. The Hall–Kier alpha value is -1.45. The number of hydrogen-bond donors (Lipinski definition) is 1. The molecule has 1 aromatic heterocycles. The third kappa shape index (κ3) is 0.586. The van der Waals surface area contributed by atoms with E-state index in [4.69, 9.17) is 0 Å². The molecule has 0 saturated heterocycles. The van der Waals surface area contributed by atoms with Gasteiger partial charge in [-0.15, -0.1) is 0 Å². The van der Waals surface area contributed by atoms with Gasteiger partial charge in [0.15, 0.2) is 0 Å². The van der Waals surface area contributed by atoms with E-state index >= 15 is 0 Å². The van der Waals surface area contributed by atoms with E-state index in [0.717, 1.165) is 0 Å². The van der Waals surface area contributed by atoms with Crippen LogP contribution in [0.1, 0.15) is 11.3 Å². The van der Waals surface area contributed by atoms with E-state index in [2.05, 4.69) is 15.0 Å². The summed E-state index contributed by atoms with van der Waals surface area (Å²) in [5, 5.41) is 0. The van der Waals surface area contributed by atoms with Crippen molar-refractivity contribution >= 4 is 6.21 Å². The Morgan fingerprint density at radius 3 is 3.30 bits per heavy atom. The second-order valence-electron chi connectivity index (χ2n) is 2.07. The quantitative estimate of drug-likeness (QED) is 0.531. The van der Waals surface area contributed by atoms with Gasteiger partial charge in [0.1, 0.15) is 0 Å². The summed E-state index contributed by atoms with van der Waals surface area (Å²) in [7, 11) is 0. The molecule has 2 heterocycles. The lowest BCUT2D eigenvalue weighted by atomic mass is 10.3. The van der Waals surface area contributed by atoms with Gasteiger partial charge in [-0.3, -0.25) is 9.79 Å². The molecule has 1 aliphatic heterocycles.